The van der Waals surface area contributed by atoms with Gasteiger partial charge in [-0.05, 0) is 12.1 Å². The number of aliphatic carboxylic acids is 1. The topological polar surface area (TPSA) is 82.8 Å². The van der Waals surface area contributed by atoms with Crippen LogP contribution in [0.3, 0.4) is 0 Å². The molecule has 1 fully saturated rings. The van der Waals surface area contributed by atoms with Gasteiger partial charge in [0.05, 0.1) is 25.8 Å². The number of hydrogen-bond donors (Lipinski definition) is 2. The number of rotatable bonds is 4. The molecule has 1 saturated heterocycles. The highest BCUT2D eigenvalue weighted by atomic mass is 16.4. The fourth-order valence-corrected chi connectivity index (χ4v) is 1.87. The Balaban J connectivity index is 1.95. The summed E-state index contributed by atoms with van der Waals surface area (Å²) in [4.78, 5) is 23.9. The maximum absolute atomic E-state index is 11.6. The zero-order chi connectivity index (χ0) is 12.3. The molecule has 0 radical (unpaired) electrons. The third kappa shape index (κ3) is 3.07. The zero-order valence-corrected chi connectivity index (χ0v) is 9.26. The quantitative estimate of drug-likeness (QED) is 0.774. The Morgan fingerprint density at radius 2 is 2.47 bits per heavy atom. The number of carbonyl (C=O) groups excluding carboxylic acids is 1. The lowest BCUT2D eigenvalue weighted by Gasteiger charge is -2.32. The van der Waals surface area contributed by atoms with Gasteiger partial charge in [0.2, 0.25) is 5.91 Å². The molecule has 0 bridgehead atoms. The van der Waals surface area contributed by atoms with Crippen LogP contribution >= 0.6 is 0 Å². The minimum Gasteiger partial charge on any atom is -0.481 e. The molecule has 1 aromatic rings. The summed E-state index contributed by atoms with van der Waals surface area (Å²) in [7, 11) is 0. The fourth-order valence-electron chi connectivity index (χ4n) is 1.87. The van der Waals surface area contributed by atoms with Crippen LogP contribution < -0.4 is 5.32 Å². The first-order valence-corrected chi connectivity index (χ1v) is 5.40. The van der Waals surface area contributed by atoms with Crippen molar-refractivity contribution in [2.45, 2.75) is 19.0 Å². The zero-order valence-electron chi connectivity index (χ0n) is 9.26. The number of piperazine rings is 1. The number of furan rings is 1. The summed E-state index contributed by atoms with van der Waals surface area (Å²) in [6.07, 6.45) is 1.57. The lowest BCUT2D eigenvalue weighted by molar-refractivity contribution is -0.140. The summed E-state index contributed by atoms with van der Waals surface area (Å²) in [6.45, 7) is 0.966. The average molecular weight is 238 g/mol. The van der Waals surface area contributed by atoms with Crippen LogP contribution in [0.25, 0.3) is 0 Å². The molecule has 17 heavy (non-hydrogen) atoms. The Labute approximate surface area is 98.2 Å². The minimum absolute atomic E-state index is 0.0158. The fraction of sp³-hybridized carbons (Fsp3) is 0.455. The summed E-state index contributed by atoms with van der Waals surface area (Å²) in [6, 6.07) is 3.36. The van der Waals surface area contributed by atoms with Crippen molar-refractivity contribution in [2.24, 2.45) is 0 Å². The highest BCUT2D eigenvalue weighted by Gasteiger charge is 2.26. The smallest absolute Gasteiger partial charge is 0.304 e. The van der Waals surface area contributed by atoms with Gasteiger partial charge in [-0.15, -0.1) is 0 Å². The molecule has 0 spiro atoms. The maximum Gasteiger partial charge on any atom is 0.304 e. The average Bonchev–Trinajstić information content (AvgIpc) is 2.75. The predicted octanol–water partition coefficient (Wildman–Crippen LogP) is 0.0547. The van der Waals surface area contributed by atoms with E-state index in [4.69, 9.17) is 9.52 Å². The van der Waals surface area contributed by atoms with Gasteiger partial charge in [-0.25, -0.2) is 0 Å². The largest absolute Gasteiger partial charge is 0.481 e. The lowest BCUT2D eigenvalue weighted by Crippen LogP contribution is -2.54. The molecule has 1 aliphatic heterocycles. The number of nitrogens with zero attached hydrogens (tertiary/aromatic N) is 1. The van der Waals surface area contributed by atoms with Crippen LogP contribution in [0, 0.1) is 0 Å². The molecule has 0 saturated carbocycles. The number of nitrogens with one attached hydrogen (secondary N) is 1. The van der Waals surface area contributed by atoms with Gasteiger partial charge in [0.15, 0.2) is 0 Å². The van der Waals surface area contributed by atoms with Crippen LogP contribution in [0.15, 0.2) is 22.8 Å². The van der Waals surface area contributed by atoms with Crippen LogP contribution in [-0.2, 0) is 16.1 Å². The molecule has 2 rings (SSSR count). The van der Waals surface area contributed by atoms with E-state index in [1.54, 1.807) is 23.3 Å². The van der Waals surface area contributed by atoms with Crippen molar-refractivity contribution in [3.05, 3.63) is 24.2 Å². The van der Waals surface area contributed by atoms with E-state index in [-0.39, 0.29) is 24.9 Å². The van der Waals surface area contributed by atoms with Gasteiger partial charge < -0.3 is 19.7 Å². The number of hydrogen-bond acceptors (Lipinski definition) is 4. The molecule has 1 aromatic heterocycles. The van der Waals surface area contributed by atoms with Gasteiger partial charge in [-0.1, -0.05) is 0 Å². The van der Waals surface area contributed by atoms with E-state index in [0.29, 0.717) is 18.8 Å². The van der Waals surface area contributed by atoms with Crippen molar-refractivity contribution in [1.29, 1.82) is 0 Å². The van der Waals surface area contributed by atoms with E-state index in [9.17, 15) is 9.59 Å². The monoisotopic (exact) mass is 238 g/mol. The van der Waals surface area contributed by atoms with Crippen molar-refractivity contribution < 1.29 is 19.1 Å². The van der Waals surface area contributed by atoms with E-state index >= 15 is 0 Å². The van der Waals surface area contributed by atoms with Crippen molar-refractivity contribution in [2.75, 3.05) is 13.1 Å². The highest BCUT2D eigenvalue weighted by Crippen LogP contribution is 2.10. The molecule has 1 amide bonds. The molecular formula is C11H14N2O4. The lowest BCUT2D eigenvalue weighted by atomic mass is 10.1. The van der Waals surface area contributed by atoms with Crippen LogP contribution in [0.5, 0.6) is 0 Å². The first-order valence-electron chi connectivity index (χ1n) is 5.40. The molecule has 2 heterocycles. The van der Waals surface area contributed by atoms with Crippen LogP contribution in [0.2, 0.25) is 0 Å². The SMILES string of the molecule is O=C(O)CC1CN(Cc2ccco2)C(=O)CN1. The third-order valence-corrected chi connectivity index (χ3v) is 2.68. The molecule has 2 N–H and O–H groups in total. The van der Waals surface area contributed by atoms with Crippen molar-refractivity contribution in [3.63, 3.8) is 0 Å². The molecule has 1 atom stereocenters. The minimum atomic E-state index is -0.866. The molecule has 6 nitrogen and oxygen atoms in total. The number of carboxylic acids is 1. The predicted molar refractivity (Wildman–Crippen MR) is 58.2 cm³/mol. The summed E-state index contributed by atoms with van der Waals surface area (Å²) in [5.41, 5.74) is 0. The Bertz CT molecular complexity index is 402. The number of amides is 1. The Hall–Kier alpha value is -1.82. The Morgan fingerprint density at radius 3 is 3.12 bits per heavy atom. The number of carbonyl (C=O) groups is 2. The van der Waals surface area contributed by atoms with E-state index in [2.05, 4.69) is 5.32 Å². The Morgan fingerprint density at radius 1 is 1.65 bits per heavy atom. The molecular weight excluding hydrogens is 224 g/mol. The second-order valence-corrected chi connectivity index (χ2v) is 4.03. The molecule has 1 unspecified atom stereocenters. The van der Waals surface area contributed by atoms with Gasteiger partial charge in [0.25, 0.3) is 0 Å². The number of carboxylic acid groups (broad SMARTS) is 1. The molecule has 1 aliphatic rings. The molecule has 92 valence electrons. The third-order valence-electron chi connectivity index (χ3n) is 2.68. The van der Waals surface area contributed by atoms with Gasteiger partial charge in [-0.3, -0.25) is 9.59 Å². The van der Waals surface area contributed by atoms with E-state index < -0.39 is 5.97 Å². The van der Waals surface area contributed by atoms with Crippen LogP contribution in [-0.4, -0.2) is 41.0 Å². The van der Waals surface area contributed by atoms with E-state index in [0.717, 1.165) is 0 Å². The first-order chi connectivity index (χ1) is 8.15. The first kappa shape index (κ1) is 11.7. The van der Waals surface area contributed by atoms with E-state index in [1.165, 1.54) is 0 Å². The van der Waals surface area contributed by atoms with E-state index in [1.807, 2.05) is 0 Å². The Kier molecular flexibility index (Phi) is 3.43. The van der Waals surface area contributed by atoms with Gasteiger partial charge in [-0.2, -0.15) is 0 Å². The summed E-state index contributed by atoms with van der Waals surface area (Å²) in [5, 5.41) is 11.6. The van der Waals surface area contributed by atoms with Gasteiger partial charge in [0.1, 0.15) is 5.76 Å². The molecule has 0 aliphatic carbocycles. The normalized spacial score (nSPS) is 20.6. The second kappa shape index (κ2) is 5.01. The second-order valence-electron chi connectivity index (χ2n) is 4.03. The standard InChI is InChI=1S/C11H14N2O4/c14-10-5-12-8(4-11(15)16)6-13(10)7-9-2-1-3-17-9/h1-3,8,12H,4-7H2,(H,15,16). The highest BCUT2D eigenvalue weighted by molar-refractivity contribution is 5.79. The van der Waals surface area contributed by atoms with Crippen molar-refractivity contribution in [1.82, 2.24) is 10.2 Å². The summed E-state index contributed by atoms with van der Waals surface area (Å²) >= 11 is 0. The van der Waals surface area contributed by atoms with Gasteiger partial charge >= 0.3 is 5.97 Å². The van der Waals surface area contributed by atoms with Crippen LogP contribution in [0.1, 0.15) is 12.2 Å². The van der Waals surface area contributed by atoms with Crippen molar-refractivity contribution >= 4 is 11.9 Å². The molecule has 0 aromatic carbocycles. The van der Waals surface area contributed by atoms with Gasteiger partial charge in [0, 0.05) is 12.6 Å². The molecule has 6 heteroatoms. The van der Waals surface area contributed by atoms with Crippen molar-refractivity contribution in [3.8, 4) is 0 Å². The van der Waals surface area contributed by atoms with Crippen LogP contribution in [0.4, 0.5) is 0 Å². The maximum atomic E-state index is 11.6. The summed E-state index contributed by atoms with van der Waals surface area (Å²) in [5.74, 6) is -0.202. The summed E-state index contributed by atoms with van der Waals surface area (Å²) < 4.78 is 5.17.